The summed E-state index contributed by atoms with van der Waals surface area (Å²) in [5.74, 6) is 0.772. The topological polar surface area (TPSA) is 12.5 Å². The van der Waals surface area contributed by atoms with Crippen LogP contribution in [0.4, 0.5) is 0 Å². The van der Waals surface area contributed by atoms with Crippen LogP contribution in [0.5, 0.6) is 0 Å². The molecule has 4 heteroatoms. The number of likely N-dealkylation sites (N-methyl/N-ethyl adjacent to an activating group) is 1. The maximum Gasteiger partial charge on any atom is 0.0593 e. The molecule has 2 nitrogen and oxygen atoms in total. The third kappa shape index (κ3) is 5.21. The Hall–Kier alpha value is -0.220. The van der Waals surface area contributed by atoms with Crippen LogP contribution in [-0.4, -0.2) is 37.5 Å². The zero-order chi connectivity index (χ0) is 11.8. The highest BCUT2D eigenvalue weighted by molar-refractivity contribution is 7.80. The minimum absolute atomic E-state index is 0.711. The van der Waals surface area contributed by atoms with Crippen LogP contribution in [-0.2, 0) is 11.3 Å². The van der Waals surface area contributed by atoms with Crippen LogP contribution in [0.1, 0.15) is 5.56 Å². The van der Waals surface area contributed by atoms with E-state index in [1.807, 2.05) is 24.3 Å². The second kappa shape index (κ2) is 7.96. The molecule has 0 atom stereocenters. The van der Waals surface area contributed by atoms with Crippen molar-refractivity contribution in [2.45, 2.75) is 6.54 Å². The van der Waals surface area contributed by atoms with E-state index in [1.54, 1.807) is 0 Å². The van der Waals surface area contributed by atoms with Crippen LogP contribution in [0, 0.1) is 0 Å². The molecule has 90 valence electrons. The zero-order valence-corrected chi connectivity index (χ0v) is 11.2. The van der Waals surface area contributed by atoms with Crippen molar-refractivity contribution in [1.29, 1.82) is 0 Å². The maximum absolute atomic E-state index is 6.08. The first kappa shape index (κ1) is 13.8. The average molecular weight is 260 g/mol. The molecule has 1 rings (SSSR count). The molecule has 1 aromatic rings. The lowest BCUT2D eigenvalue weighted by molar-refractivity contribution is 0.122. The molecule has 0 aromatic heterocycles. The van der Waals surface area contributed by atoms with Crippen molar-refractivity contribution in [1.82, 2.24) is 4.90 Å². The molecule has 0 amide bonds. The van der Waals surface area contributed by atoms with Crippen molar-refractivity contribution in [2.24, 2.45) is 0 Å². The summed E-state index contributed by atoms with van der Waals surface area (Å²) in [5, 5.41) is 0.825. The smallest absolute Gasteiger partial charge is 0.0593 e. The zero-order valence-electron chi connectivity index (χ0n) is 9.53. The van der Waals surface area contributed by atoms with E-state index in [9.17, 15) is 0 Å². The van der Waals surface area contributed by atoms with Crippen LogP contribution >= 0.6 is 24.2 Å². The van der Waals surface area contributed by atoms with Gasteiger partial charge in [-0.2, -0.15) is 12.6 Å². The monoisotopic (exact) mass is 259 g/mol. The number of rotatable bonds is 7. The quantitative estimate of drug-likeness (QED) is 0.597. The molecule has 0 unspecified atom stereocenters. The summed E-state index contributed by atoms with van der Waals surface area (Å²) in [4.78, 5) is 2.19. The first-order chi connectivity index (χ1) is 7.74. The largest absolute Gasteiger partial charge is 0.379 e. The fourth-order valence-electron chi connectivity index (χ4n) is 1.38. The molecule has 0 aliphatic heterocycles. The number of hydrogen-bond acceptors (Lipinski definition) is 3. The Bertz CT molecular complexity index is 309. The summed E-state index contributed by atoms with van der Waals surface area (Å²) in [5.41, 5.74) is 1.15. The molecule has 0 saturated carbocycles. The van der Waals surface area contributed by atoms with Gasteiger partial charge in [0.15, 0.2) is 0 Å². The molecule has 0 radical (unpaired) electrons. The molecule has 0 saturated heterocycles. The summed E-state index contributed by atoms with van der Waals surface area (Å²) in [6.45, 7) is 3.20. The molecule has 0 bridgehead atoms. The van der Waals surface area contributed by atoms with E-state index in [-0.39, 0.29) is 0 Å². The number of hydrogen-bond donors (Lipinski definition) is 1. The molecule has 0 heterocycles. The van der Waals surface area contributed by atoms with Gasteiger partial charge in [-0.15, -0.1) is 0 Å². The molecule has 0 fully saturated rings. The van der Waals surface area contributed by atoms with Gasteiger partial charge in [-0.1, -0.05) is 29.8 Å². The third-order valence-electron chi connectivity index (χ3n) is 2.25. The predicted molar refractivity (Wildman–Crippen MR) is 72.5 cm³/mol. The van der Waals surface area contributed by atoms with Gasteiger partial charge < -0.3 is 4.74 Å². The van der Waals surface area contributed by atoms with E-state index in [4.69, 9.17) is 16.3 Å². The Morgan fingerprint density at radius 2 is 2.06 bits per heavy atom. The van der Waals surface area contributed by atoms with E-state index in [0.29, 0.717) is 6.61 Å². The number of nitrogens with zero attached hydrogens (tertiary/aromatic N) is 1. The predicted octanol–water partition coefficient (Wildman–Crippen LogP) is 2.72. The molecule has 0 aliphatic rings. The lowest BCUT2D eigenvalue weighted by Crippen LogP contribution is -2.23. The molecule has 0 spiro atoms. The lowest BCUT2D eigenvalue weighted by Gasteiger charge is -2.17. The molecule has 16 heavy (non-hydrogen) atoms. The van der Waals surface area contributed by atoms with E-state index in [2.05, 4.69) is 24.6 Å². The van der Waals surface area contributed by atoms with Crippen LogP contribution < -0.4 is 0 Å². The normalized spacial score (nSPS) is 11.0. The van der Waals surface area contributed by atoms with E-state index >= 15 is 0 Å². The first-order valence-electron chi connectivity index (χ1n) is 5.34. The highest BCUT2D eigenvalue weighted by atomic mass is 35.5. The molecule has 0 N–H and O–H groups in total. The number of benzene rings is 1. The third-order valence-corrected chi connectivity index (χ3v) is 2.80. The van der Waals surface area contributed by atoms with Crippen molar-refractivity contribution in [3.05, 3.63) is 34.9 Å². The SMILES string of the molecule is CN(CCOCCS)Cc1ccccc1Cl. The summed E-state index contributed by atoms with van der Waals surface area (Å²) in [6, 6.07) is 7.92. The summed E-state index contributed by atoms with van der Waals surface area (Å²) in [7, 11) is 2.06. The van der Waals surface area contributed by atoms with Crippen molar-refractivity contribution in [3.8, 4) is 0 Å². The second-order valence-corrected chi connectivity index (χ2v) is 4.52. The molecule has 1 aromatic carbocycles. The van der Waals surface area contributed by atoms with Gasteiger partial charge in [0, 0.05) is 23.9 Å². The second-order valence-electron chi connectivity index (χ2n) is 3.67. The van der Waals surface area contributed by atoms with E-state index in [1.165, 1.54) is 0 Å². The Kier molecular flexibility index (Phi) is 6.88. The Labute approximate surface area is 108 Å². The van der Waals surface area contributed by atoms with Crippen LogP contribution in [0.25, 0.3) is 0 Å². The Balaban J connectivity index is 2.28. The minimum Gasteiger partial charge on any atom is -0.379 e. The average Bonchev–Trinajstić information content (AvgIpc) is 2.28. The van der Waals surface area contributed by atoms with Gasteiger partial charge in [-0.25, -0.2) is 0 Å². The highest BCUT2D eigenvalue weighted by Crippen LogP contribution is 2.16. The van der Waals surface area contributed by atoms with Gasteiger partial charge >= 0.3 is 0 Å². The van der Waals surface area contributed by atoms with Crippen molar-refractivity contribution < 1.29 is 4.74 Å². The fraction of sp³-hybridized carbons (Fsp3) is 0.500. The number of thiol groups is 1. The van der Waals surface area contributed by atoms with Crippen molar-refractivity contribution >= 4 is 24.2 Å². The summed E-state index contributed by atoms with van der Waals surface area (Å²) >= 11 is 10.2. The molecule has 0 aliphatic carbocycles. The highest BCUT2D eigenvalue weighted by Gasteiger charge is 2.03. The molecular weight excluding hydrogens is 242 g/mol. The van der Waals surface area contributed by atoms with Gasteiger partial charge in [0.25, 0.3) is 0 Å². The first-order valence-corrected chi connectivity index (χ1v) is 6.35. The van der Waals surface area contributed by atoms with Gasteiger partial charge in [0.1, 0.15) is 0 Å². The summed E-state index contributed by atoms with van der Waals surface area (Å²) < 4.78 is 5.37. The molecular formula is C12H18ClNOS. The van der Waals surface area contributed by atoms with Crippen molar-refractivity contribution in [2.75, 3.05) is 32.6 Å². The van der Waals surface area contributed by atoms with E-state index in [0.717, 1.165) is 36.0 Å². The van der Waals surface area contributed by atoms with Gasteiger partial charge in [-0.05, 0) is 18.7 Å². The van der Waals surface area contributed by atoms with Gasteiger partial charge in [0.05, 0.1) is 13.2 Å². The van der Waals surface area contributed by atoms with Crippen molar-refractivity contribution in [3.63, 3.8) is 0 Å². The van der Waals surface area contributed by atoms with Gasteiger partial charge in [-0.3, -0.25) is 4.90 Å². The van der Waals surface area contributed by atoms with Crippen LogP contribution in [0.3, 0.4) is 0 Å². The van der Waals surface area contributed by atoms with Crippen LogP contribution in [0.15, 0.2) is 24.3 Å². The Morgan fingerprint density at radius 3 is 2.75 bits per heavy atom. The van der Waals surface area contributed by atoms with Crippen LogP contribution in [0.2, 0.25) is 5.02 Å². The maximum atomic E-state index is 6.08. The van der Waals surface area contributed by atoms with Gasteiger partial charge in [0.2, 0.25) is 0 Å². The Morgan fingerprint density at radius 1 is 1.31 bits per heavy atom. The fourth-order valence-corrected chi connectivity index (χ4v) is 1.71. The summed E-state index contributed by atoms with van der Waals surface area (Å²) in [6.07, 6.45) is 0. The number of halogens is 1. The minimum atomic E-state index is 0.711. The number of ether oxygens (including phenoxy) is 1. The lowest BCUT2D eigenvalue weighted by atomic mass is 10.2. The standard InChI is InChI=1S/C12H18ClNOS/c1-14(6-7-15-8-9-16)10-11-4-2-3-5-12(11)13/h2-5,16H,6-10H2,1H3. The van der Waals surface area contributed by atoms with E-state index < -0.39 is 0 Å².